The molecule has 2 heterocycles. The molecule has 1 aliphatic rings. The molecule has 4 nitrogen and oxygen atoms in total. The Bertz CT molecular complexity index is 309. The summed E-state index contributed by atoms with van der Waals surface area (Å²) in [5, 5.41) is 3.22. The second-order valence-corrected chi connectivity index (χ2v) is 4.22. The molecule has 0 aliphatic carbocycles. The van der Waals surface area contributed by atoms with E-state index in [9.17, 15) is 0 Å². The standard InChI is InChI=1S/C11H18N4/c1-9-5-13-11(14-6-9)15-4-3-10(8-15)7-12-2/h5-6,10,12H,3-4,7-8H2,1-2H3. The minimum absolute atomic E-state index is 0.736. The zero-order valence-corrected chi connectivity index (χ0v) is 9.40. The van der Waals surface area contributed by atoms with Gasteiger partial charge in [0, 0.05) is 25.5 Å². The molecule has 1 fully saturated rings. The molecular formula is C11H18N4. The van der Waals surface area contributed by atoms with Gasteiger partial charge in [0.05, 0.1) is 0 Å². The summed E-state index contributed by atoms with van der Waals surface area (Å²) in [6.45, 7) is 5.25. The third kappa shape index (κ3) is 2.45. The van der Waals surface area contributed by atoms with Gasteiger partial charge in [-0.25, -0.2) is 9.97 Å². The fraction of sp³-hybridized carbons (Fsp3) is 0.636. The maximum absolute atomic E-state index is 4.35. The van der Waals surface area contributed by atoms with Crippen molar-refractivity contribution in [1.29, 1.82) is 0 Å². The Labute approximate surface area is 90.7 Å². The largest absolute Gasteiger partial charge is 0.340 e. The maximum Gasteiger partial charge on any atom is 0.225 e. The second-order valence-electron chi connectivity index (χ2n) is 4.22. The van der Waals surface area contributed by atoms with Crippen LogP contribution in [0.5, 0.6) is 0 Å². The molecule has 0 amide bonds. The Morgan fingerprint density at radius 2 is 2.20 bits per heavy atom. The summed E-state index contributed by atoms with van der Waals surface area (Å²) in [6.07, 6.45) is 5.00. The SMILES string of the molecule is CNCC1CCN(c2ncc(C)cn2)C1. The van der Waals surface area contributed by atoms with Gasteiger partial charge >= 0.3 is 0 Å². The lowest BCUT2D eigenvalue weighted by Crippen LogP contribution is -2.25. The van der Waals surface area contributed by atoms with E-state index in [0.717, 1.165) is 37.1 Å². The van der Waals surface area contributed by atoms with Crippen LogP contribution in [-0.2, 0) is 0 Å². The van der Waals surface area contributed by atoms with Crippen LogP contribution in [0.2, 0.25) is 0 Å². The maximum atomic E-state index is 4.35. The molecule has 0 saturated carbocycles. The van der Waals surface area contributed by atoms with E-state index in [1.165, 1.54) is 6.42 Å². The van der Waals surface area contributed by atoms with Crippen LogP contribution in [0, 0.1) is 12.8 Å². The van der Waals surface area contributed by atoms with Gasteiger partial charge in [-0.1, -0.05) is 0 Å². The van der Waals surface area contributed by atoms with Crippen molar-refractivity contribution in [1.82, 2.24) is 15.3 Å². The van der Waals surface area contributed by atoms with Crippen molar-refractivity contribution in [3.05, 3.63) is 18.0 Å². The fourth-order valence-corrected chi connectivity index (χ4v) is 2.02. The molecule has 1 unspecified atom stereocenters. The molecule has 0 radical (unpaired) electrons. The molecule has 4 heteroatoms. The molecule has 1 atom stereocenters. The summed E-state index contributed by atoms with van der Waals surface area (Å²) in [5.74, 6) is 1.61. The van der Waals surface area contributed by atoms with Crippen LogP contribution in [0.15, 0.2) is 12.4 Å². The minimum Gasteiger partial charge on any atom is -0.340 e. The van der Waals surface area contributed by atoms with E-state index >= 15 is 0 Å². The molecule has 1 aromatic rings. The first-order chi connectivity index (χ1) is 7.29. The molecule has 82 valence electrons. The topological polar surface area (TPSA) is 41.0 Å². The van der Waals surface area contributed by atoms with Gasteiger partial charge in [0.25, 0.3) is 0 Å². The summed E-state index contributed by atoms with van der Waals surface area (Å²) >= 11 is 0. The van der Waals surface area contributed by atoms with Gasteiger partial charge in [0.15, 0.2) is 0 Å². The summed E-state index contributed by atoms with van der Waals surface area (Å²) in [4.78, 5) is 11.0. The Morgan fingerprint density at radius 1 is 1.47 bits per heavy atom. The Hall–Kier alpha value is -1.16. The van der Waals surface area contributed by atoms with Crippen molar-refractivity contribution in [3.63, 3.8) is 0 Å². The lowest BCUT2D eigenvalue weighted by Gasteiger charge is -2.15. The highest BCUT2D eigenvalue weighted by atomic mass is 15.3. The summed E-state index contributed by atoms with van der Waals surface area (Å²) in [6, 6.07) is 0. The highest BCUT2D eigenvalue weighted by Gasteiger charge is 2.23. The number of nitrogens with one attached hydrogen (secondary N) is 1. The lowest BCUT2D eigenvalue weighted by atomic mass is 10.1. The van der Waals surface area contributed by atoms with Crippen molar-refractivity contribution in [2.24, 2.45) is 5.92 Å². The monoisotopic (exact) mass is 206 g/mol. The molecule has 15 heavy (non-hydrogen) atoms. The number of rotatable bonds is 3. The van der Waals surface area contributed by atoms with E-state index in [1.54, 1.807) is 0 Å². The first-order valence-electron chi connectivity index (χ1n) is 5.48. The minimum atomic E-state index is 0.736. The number of hydrogen-bond donors (Lipinski definition) is 1. The van der Waals surface area contributed by atoms with Crippen LogP contribution in [0.25, 0.3) is 0 Å². The van der Waals surface area contributed by atoms with Crippen molar-refractivity contribution < 1.29 is 0 Å². The molecule has 2 rings (SSSR count). The number of aromatic nitrogens is 2. The van der Waals surface area contributed by atoms with Gasteiger partial charge in [-0.05, 0) is 38.4 Å². The second kappa shape index (κ2) is 4.57. The molecule has 1 saturated heterocycles. The Balaban J connectivity index is 1.98. The van der Waals surface area contributed by atoms with E-state index in [4.69, 9.17) is 0 Å². The van der Waals surface area contributed by atoms with Crippen molar-refractivity contribution >= 4 is 5.95 Å². The van der Waals surface area contributed by atoms with E-state index in [1.807, 2.05) is 26.4 Å². The van der Waals surface area contributed by atoms with Gasteiger partial charge in [0.2, 0.25) is 5.95 Å². The predicted octanol–water partition coefficient (Wildman–Crippen LogP) is 0.831. The molecule has 0 aromatic carbocycles. The molecule has 1 aromatic heterocycles. The fourth-order valence-electron chi connectivity index (χ4n) is 2.02. The van der Waals surface area contributed by atoms with Crippen LogP contribution in [0.3, 0.4) is 0 Å². The van der Waals surface area contributed by atoms with E-state index in [2.05, 4.69) is 20.2 Å². The molecule has 0 bridgehead atoms. The van der Waals surface area contributed by atoms with E-state index in [0.29, 0.717) is 0 Å². The van der Waals surface area contributed by atoms with Crippen molar-refractivity contribution in [2.75, 3.05) is 31.6 Å². The van der Waals surface area contributed by atoms with Crippen LogP contribution < -0.4 is 10.2 Å². The van der Waals surface area contributed by atoms with Crippen molar-refractivity contribution in [3.8, 4) is 0 Å². The quantitative estimate of drug-likeness (QED) is 0.795. The van der Waals surface area contributed by atoms with E-state index < -0.39 is 0 Å². The van der Waals surface area contributed by atoms with Gasteiger partial charge in [0.1, 0.15) is 0 Å². The number of hydrogen-bond acceptors (Lipinski definition) is 4. The third-order valence-corrected chi connectivity index (χ3v) is 2.83. The van der Waals surface area contributed by atoms with Crippen LogP contribution in [-0.4, -0.2) is 36.6 Å². The van der Waals surface area contributed by atoms with Gasteiger partial charge in [-0.3, -0.25) is 0 Å². The molecule has 1 aliphatic heterocycles. The molecule has 1 N–H and O–H groups in total. The van der Waals surface area contributed by atoms with Gasteiger partial charge in [-0.2, -0.15) is 0 Å². The van der Waals surface area contributed by atoms with Crippen LogP contribution in [0.1, 0.15) is 12.0 Å². The smallest absolute Gasteiger partial charge is 0.225 e. The Morgan fingerprint density at radius 3 is 2.87 bits per heavy atom. The zero-order chi connectivity index (χ0) is 10.7. The average molecular weight is 206 g/mol. The normalized spacial score (nSPS) is 20.9. The highest BCUT2D eigenvalue weighted by molar-refractivity contribution is 5.31. The summed E-state index contributed by atoms with van der Waals surface area (Å²) < 4.78 is 0. The van der Waals surface area contributed by atoms with Gasteiger partial charge in [-0.15, -0.1) is 0 Å². The van der Waals surface area contributed by atoms with E-state index in [-0.39, 0.29) is 0 Å². The number of anilines is 1. The van der Waals surface area contributed by atoms with Crippen LogP contribution >= 0.6 is 0 Å². The molecule has 0 spiro atoms. The first-order valence-corrected chi connectivity index (χ1v) is 5.48. The Kier molecular flexibility index (Phi) is 3.16. The van der Waals surface area contributed by atoms with Crippen LogP contribution in [0.4, 0.5) is 5.95 Å². The molecular weight excluding hydrogens is 188 g/mol. The van der Waals surface area contributed by atoms with Gasteiger partial charge < -0.3 is 10.2 Å². The predicted molar refractivity (Wildman–Crippen MR) is 61.0 cm³/mol. The third-order valence-electron chi connectivity index (χ3n) is 2.83. The summed E-state index contributed by atoms with van der Waals surface area (Å²) in [5.41, 5.74) is 1.12. The number of nitrogens with zero attached hydrogens (tertiary/aromatic N) is 3. The average Bonchev–Trinajstić information content (AvgIpc) is 2.68. The number of aryl methyl sites for hydroxylation is 1. The zero-order valence-electron chi connectivity index (χ0n) is 9.40. The lowest BCUT2D eigenvalue weighted by molar-refractivity contribution is 0.548. The van der Waals surface area contributed by atoms with Crippen molar-refractivity contribution in [2.45, 2.75) is 13.3 Å². The first kappa shape index (κ1) is 10.4. The highest BCUT2D eigenvalue weighted by Crippen LogP contribution is 2.19. The summed E-state index contributed by atoms with van der Waals surface area (Å²) in [7, 11) is 2.00.